The molecule has 5 rings (SSSR count). The molecular weight excluding hydrogens is 392 g/mol. The summed E-state index contributed by atoms with van der Waals surface area (Å²) in [6.07, 6.45) is 0.622. The molecule has 2 aliphatic rings. The second-order valence-electron chi connectivity index (χ2n) is 7.16. The Bertz CT molecular complexity index is 1060. The maximum absolute atomic E-state index is 13.4. The summed E-state index contributed by atoms with van der Waals surface area (Å²) in [6, 6.07) is 17.3. The zero-order valence-corrected chi connectivity index (χ0v) is 16.2. The van der Waals surface area contributed by atoms with Crippen LogP contribution in [-0.2, 0) is 14.4 Å². The SMILES string of the molecule is Cc1ccc(N2C(=O)[C@@H]3[C@H](ON(c4ccc(Cl)cc4)[C@H]3c3ccco3)C2=O)cc1. The topological polar surface area (TPSA) is 63.0 Å². The third-order valence-electron chi connectivity index (χ3n) is 5.32. The Balaban J connectivity index is 1.56. The van der Waals surface area contributed by atoms with Crippen LogP contribution in [-0.4, -0.2) is 17.9 Å². The number of nitrogens with zero attached hydrogens (tertiary/aromatic N) is 2. The molecule has 0 spiro atoms. The quantitative estimate of drug-likeness (QED) is 0.605. The molecule has 2 saturated heterocycles. The number of hydrogen-bond acceptors (Lipinski definition) is 5. The number of carbonyl (C=O) groups excluding carboxylic acids is 2. The summed E-state index contributed by atoms with van der Waals surface area (Å²) < 4.78 is 5.61. The second kappa shape index (κ2) is 6.76. The van der Waals surface area contributed by atoms with Crippen molar-refractivity contribution in [3.8, 4) is 0 Å². The third-order valence-corrected chi connectivity index (χ3v) is 5.58. The molecule has 3 atom stereocenters. The smallest absolute Gasteiger partial charge is 0.266 e. The molecule has 29 heavy (non-hydrogen) atoms. The normalized spacial score (nSPS) is 23.7. The van der Waals surface area contributed by atoms with Crippen molar-refractivity contribution in [3.63, 3.8) is 0 Å². The molecule has 2 amide bonds. The summed E-state index contributed by atoms with van der Waals surface area (Å²) >= 11 is 6.00. The predicted molar refractivity (Wildman–Crippen MR) is 107 cm³/mol. The molecule has 0 radical (unpaired) electrons. The molecule has 0 N–H and O–H groups in total. The minimum absolute atomic E-state index is 0.304. The molecule has 2 fully saturated rings. The number of fused-ring (bicyclic) bond motifs is 1. The second-order valence-corrected chi connectivity index (χ2v) is 7.60. The van der Waals surface area contributed by atoms with Gasteiger partial charge in [0.25, 0.3) is 5.91 Å². The number of halogens is 1. The van der Waals surface area contributed by atoms with E-state index in [0.717, 1.165) is 5.56 Å². The number of hydroxylamine groups is 1. The Labute approximate surface area is 172 Å². The first kappa shape index (κ1) is 18.0. The van der Waals surface area contributed by atoms with E-state index in [0.29, 0.717) is 22.2 Å². The number of rotatable bonds is 3. The van der Waals surface area contributed by atoms with Crippen molar-refractivity contribution in [2.75, 3.05) is 9.96 Å². The third kappa shape index (κ3) is 2.84. The molecule has 7 heteroatoms. The standard InChI is InChI=1S/C22H17ClN2O4/c1-13-4-8-15(9-5-13)24-21(26)18-19(17-3-2-12-28-17)25(29-20(18)22(24)27)16-10-6-14(23)7-11-16/h2-12,18-20H,1H3/t18-,19-,20-/m0/s1. The Kier molecular flexibility index (Phi) is 4.19. The first-order valence-electron chi connectivity index (χ1n) is 9.24. The number of imide groups is 1. The van der Waals surface area contributed by atoms with E-state index < -0.39 is 18.1 Å². The van der Waals surface area contributed by atoms with Gasteiger partial charge in [-0.15, -0.1) is 0 Å². The van der Waals surface area contributed by atoms with E-state index in [2.05, 4.69) is 0 Å². The molecule has 3 aromatic rings. The highest BCUT2D eigenvalue weighted by atomic mass is 35.5. The van der Waals surface area contributed by atoms with Crippen LogP contribution in [0.3, 0.4) is 0 Å². The number of furan rings is 1. The van der Waals surface area contributed by atoms with Crippen LogP contribution in [0, 0.1) is 12.8 Å². The fourth-order valence-corrected chi connectivity index (χ4v) is 4.05. The summed E-state index contributed by atoms with van der Waals surface area (Å²) in [7, 11) is 0. The van der Waals surface area contributed by atoms with Crippen molar-refractivity contribution >= 4 is 34.8 Å². The molecular formula is C22H17ClN2O4. The Morgan fingerprint density at radius 1 is 0.897 bits per heavy atom. The summed E-state index contributed by atoms with van der Waals surface area (Å²) in [6.45, 7) is 1.95. The molecule has 2 aromatic carbocycles. The van der Waals surface area contributed by atoms with Gasteiger partial charge in [-0.25, -0.2) is 9.96 Å². The van der Waals surface area contributed by atoms with Crippen molar-refractivity contribution in [1.82, 2.24) is 0 Å². The molecule has 146 valence electrons. The monoisotopic (exact) mass is 408 g/mol. The highest BCUT2D eigenvalue weighted by Crippen LogP contribution is 2.47. The van der Waals surface area contributed by atoms with Gasteiger partial charge in [0.05, 0.1) is 17.6 Å². The minimum Gasteiger partial charge on any atom is -0.467 e. The molecule has 0 aliphatic carbocycles. The molecule has 6 nitrogen and oxygen atoms in total. The van der Waals surface area contributed by atoms with E-state index in [1.54, 1.807) is 59.9 Å². The van der Waals surface area contributed by atoms with Gasteiger partial charge in [0.2, 0.25) is 5.91 Å². The number of amides is 2. The van der Waals surface area contributed by atoms with E-state index in [9.17, 15) is 9.59 Å². The lowest BCUT2D eigenvalue weighted by atomic mass is 9.94. The summed E-state index contributed by atoms with van der Waals surface area (Å²) in [5.74, 6) is -0.844. The van der Waals surface area contributed by atoms with Gasteiger partial charge in [0, 0.05) is 5.02 Å². The van der Waals surface area contributed by atoms with Gasteiger partial charge < -0.3 is 4.42 Å². The van der Waals surface area contributed by atoms with Crippen molar-refractivity contribution in [1.29, 1.82) is 0 Å². The highest BCUT2D eigenvalue weighted by Gasteiger charge is 2.61. The molecule has 3 heterocycles. The van der Waals surface area contributed by atoms with Gasteiger partial charge in [-0.05, 0) is 55.5 Å². The largest absolute Gasteiger partial charge is 0.467 e. The van der Waals surface area contributed by atoms with Crippen LogP contribution in [0.15, 0.2) is 71.3 Å². The van der Waals surface area contributed by atoms with Crippen LogP contribution in [0.2, 0.25) is 5.02 Å². The van der Waals surface area contributed by atoms with Gasteiger partial charge in [0.15, 0.2) is 6.10 Å². The lowest BCUT2D eigenvalue weighted by Gasteiger charge is -2.27. The van der Waals surface area contributed by atoms with E-state index >= 15 is 0 Å². The maximum atomic E-state index is 13.4. The lowest BCUT2D eigenvalue weighted by Crippen LogP contribution is -2.37. The molecule has 1 aromatic heterocycles. The van der Waals surface area contributed by atoms with E-state index in [1.807, 2.05) is 19.1 Å². The van der Waals surface area contributed by atoms with Crippen LogP contribution in [0.4, 0.5) is 11.4 Å². The van der Waals surface area contributed by atoms with Gasteiger partial charge in [-0.1, -0.05) is 29.3 Å². The lowest BCUT2D eigenvalue weighted by molar-refractivity contribution is -0.126. The molecule has 0 bridgehead atoms. The molecule has 0 saturated carbocycles. The van der Waals surface area contributed by atoms with Crippen LogP contribution in [0.5, 0.6) is 0 Å². The zero-order valence-electron chi connectivity index (χ0n) is 15.5. The Morgan fingerprint density at radius 2 is 1.59 bits per heavy atom. The average molecular weight is 409 g/mol. The van der Waals surface area contributed by atoms with Crippen LogP contribution in [0.25, 0.3) is 0 Å². The number of benzene rings is 2. The van der Waals surface area contributed by atoms with Crippen molar-refractivity contribution in [3.05, 3.63) is 83.3 Å². The average Bonchev–Trinajstić information content (AvgIpc) is 3.41. The van der Waals surface area contributed by atoms with Crippen molar-refractivity contribution in [2.45, 2.75) is 19.1 Å². The van der Waals surface area contributed by atoms with Crippen LogP contribution in [0.1, 0.15) is 17.4 Å². The Hall–Kier alpha value is -3.09. The van der Waals surface area contributed by atoms with Gasteiger partial charge in [-0.2, -0.15) is 0 Å². The number of anilines is 2. The Morgan fingerprint density at radius 3 is 2.24 bits per heavy atom. The first-order valence-corrected chi connectivity index (χ1v) is 9.62. The molecule has 2 aliphatic heterocycles. The molecule has 0 unspecified atom stereocenters. The zero-order chi connectivity index (χ0) is 20.1. The number of carbonyl (C=O) groups is 2. The fourth-order valence-electron chi connectivity index (χ4n) is 3.92. The predicted octanol–water partition coefficient (Wildman–Crippen LogP) is 4.29. The van der Waals surface area contributed by atoms with Gasteiger partial charge in [0.1, 0.15) is 17.7 Å². The van der Waals surface area contributed by atoms with Crippen LogP contribution >= 0.6 is 11.6 Å². The number of hydrogen-bond donors (Lipinski definition) is 0. The van der Waals surface area contributed by atoms with E-state index in [4.69, 9.17) is 20.9 Å². The summed E-state index contributed by atoms with van der Waals surface area (Å²) in [5, 5.41) is 2.16. The van der Waals surface area contributed by atoms with E-state index in [1.165, 1.54) is 4.90 Å². The van der Waals surface area contributed by atoms with Gasteiger partial charge >= 0.3 is 0 Å². The van der Waals surface area contributed by atoms with Crippen LogP contribution < -0.4 is 9.96 Å². The summed E-state index contributed by atoms with van der Waals surface area (Å²) in [5.41, 5.74) is 2.28. The van der Waals surface area contributed by atoms with Gasteiger partial charge in [-0.3, -0.25) is 14.4 Å². The highest BCUT2D eigenvalue weighted by molar-refractivity contribution is 6.30. The van der Waals surface area contributed by atoms with Crippen molar-refractivity contribution < 1.29 is 18.8 Å². The van der Waals surface area contributed by atoms with Crippen molar-refractivity contribution in [2.24, 2.45) is 5.92 Å². The first-order chi connectivity index (χ1) is 14.0. The maximum Gasteiger partial charge on any atom is 0.266 e. The summed E-state index contributed by atoms with van der Waals surface area (Å²) in [4.78, 5) is 33.7. The van der Waals surface area contributed by atoms with E-state index in [-0.39, 0.29) is 11.8 Å². The number of aryl methyl sites for hydroxylation is 1. The fraction of sp³-hybridized carbons (Fsp3) is 0.182. The minimum atomic E-state index is -0.922.